The first-order valence-electron chi connectivity index (χ1n) is 7.44. The topological polar surface area (TPSA) is 125 Å². The summed E-state index contributed by atoms with van der Waals surface area (Å²) in [6.45, 7) is 0.928. The molecule has 11 heteroatoms. The van der Waals surface area contributed by atoms with Gasteiger partial charge in [-0.25, -0.2) is 0 Å². The Labute approximate surface area is 164 Å². The number of rotatable bonds is 7. The lowest BCUT2D eigenvalue weighted by Gasteiger charge is -2.06. The normalized spacial score (nSPS) is 9.89. The maximum Gasteiger partial charge on any atom is 0.312 e. The van der Waals surface area contributed by atoms with E-state index in [0.29, 0.717) is 24.7 Å². The van der Waals surface area contributed by atoms with Gasteiger partial charge in [0.05, 0.1) is 16.5 Å². The number of benzene rings is 2. The van der Waals surface area contributed by atoms with E-state index in [0.717, 1.165) is 6.07 Å². The van der Waals surface area contributed by atoms with Crippen LogP contribution in [0.15, 0.2) is 36.4 Å². The van der Waals surface area contributed by atoms with Crippen molar-refractivity contribution in [3.8, 4) is 11.5 Å². The predicted octanol–water partition coefficient (Wildman–Crippen LogP) is 4.62. The number of nitro benzene ring substituents is 2. The average Bonchev–Trinajstić information content (AvgIpc) is 2.62. The Morgan fingerprint density at radius 1 is 0.963 bits per heavy atom. The van der Waals surface area contributed by atoms with Gasteiger partial charge in [-0.15, -0.1) is 0 Å². The predicted molar refractivity (Wildman–Crippen MR) is 99.9 cm³/mol. The van der Waals surface area contributed by atoms with Gasteiger partial charge in [-0.3, -0.25) is 20.2 Å². The van der Waals surface area contributed by atoms with Crippen molar-refractivity contribution in [1.29, 1.82) is 0 Å². The molecule has 0 fully saturated rings. The molecule has 9 nitrogen and oxygen atoms in total. The molecule has 2 aromatic carbocycles. The number of nitro groups is 2. The maximum absolute atomic E-state index is 10.7. The fourth-order valence-electron chi connectivity index (χ4n) is 1.78. The zero-order chi connectivity index (χ0) is 20.4. The molecule has 0 aromatic heterocycles. The van der Waals surface area contributed by atoms with Crippen LogP contribution < -0.4 is 4.74 Å². The number of halogens is 2. The SMILES string of the molecule is COCCCOc1ccc(Cl)cc1[N+](=O)[O-].O=[N+]([O-])c1cc(Cl)ccc1O. The van der Waals surface area contributed by atoms with Crippen LogP contribution in [0, 0.1) is 20.2 Å². The first-order chi connectivity index (χ1) is 12.8. The summed E-state index contributed by atoms with van der Waals surface area (Å²) in [6.07, 6.45) is 0.677. The van der Waals surface area contributed by atoms with Gasteiger partial charge in [-0.2, -0.15) is 0 Å². The minimum absolute atomic E-state index is 0.120. The van der Waals surface area contributed by atoms with Crippen molar-refractivity contribution in [3.05, 3.63) is 66.7 Å². The summed E-state index contributed by atoms with van der Waals surface area (Å²) >= 11 is 11.1. The Morgan fingerprint density at radius 3 is 2.04 bits per heavy atom. The van der Waals surface area contributed by atoms with E-state index >= 15 is 0 Å². The van der Waals surface area contributed by atoms with Crippen LogP contribution in [-0.4, -0.2) is 35.3 Å². The Kier molecular flexibility index (Phi) is 9.27. The molecule has 0 unspecified atom stereocenters. The van der Waals surface area contributed by atoms with Crippen molar-refractivity contribution >= 4 is 34.6 Å². The minimum Gasteiger partial charge on any atom is -0.502 e. The summed E-state index contributed by atoms with van der Waals surface area (Å²) in [4.78, 5) is 19.7. The lowest BCUT2D eigenvalue weighted by atomic mass is 10.3. The van der Waals surface area contributed by atoms with Gasteiger partial charge >= 0.3 is 11.4 Å². The number of phenols is 1. The minimum atomic E-state index is -0.693. The van der Waals surface area contributed by atoms with Crippen LogP contribution in [0.25, 0.3) is 0 Å². The molecule has 146 valence electrons. The first kappa shape index (κ1) is 22.4. The highest BCUT2D eigenvalue weighted by Gasteiger charge is 2.15. The third-order valence-corrected chi connectivity index (χ3v) is 3.47. The Hall–Kier alpha value is -2.62. The average molecular weight is 419 g/mol. The number of aromatic hydroxyl groups is 1. The van der Waals surface area contributed by atoms with Crippen molar-refractivity contribution in [2.45, 2.75) is 6.42 Å². The maximum atomic E-state index is 10.7. The summed E-state index contributed by atoms with van der Waals surface area (Å²) in [5, 5.41) is 30.3. The molecule has 0 aliphatic rings. The molecule has 0 amide bonds. The molecule has 0 radical (unpaired) electrons. The van der Waals surface area contributed by atoms with Crippen LogP contribution in [0.2, 0.25) is 10.0 Å². The highest BCUT2D eigenvalue weighted by atomic mass is 35.5. The lowest BCUT2D eigenvalue weighted by molar-refractivity contribution is -0.386. The first-order valence-corrected chi connectivity index (χ1v) is 8.20. The molecular formula is C16H16Cl2N2O7. The lowest BCUT2D eigenvalue weighted by Crippen LogP contribution is -2.03. The van der Waals surface area contributed by atoms with Gasteiger partial charge < -0.3 is 14.6 Å². The summed E-state index contributed by atoms with van der Waals surface area (Å²) in [5.74, 6) is -0.148. The molecule has 2 aromatic rings. The van der Waals surface area contributed by atoms with Crippen molar-refractivity contribution in [2.75, 3.05) is 20.3 Å². The van der Waals surface area contributed by atoms with Crippen LogP contribution in [0.5, 0.6) is 11.5 Å². The summed E-state index contributed by atoms with van der Waals surface area (Å²) in [7, 11) is 1.59. The second kappa shape index (κ2) is 11.2. The van der Waals surface area contributed by atoms with E-state index in [1.807, 2.05) is 0 Å². The van der Waals surface area contributed by atoms with E-state index in [1.165, 1.54) is 24.3 Å². The molecule has 0 spiro atoms. The van der Waals surface area contributed by atoms with Crippen LogP contribution in [0.3, 0.4) is 0 Å². The van der Waals surface area contributed by atoms with E-state index < -0.39 is 9.85 Å². The largest absolute Gasteiger partial charge is 0.502 e. The van der Waals surface area contributed by atoms with E-state index in [1.54, 1.807) is 13.2 Å². The van der Waals surface area contributed by atoms with Crippen molar-refractivity contribution in [1.82, 2.24) is 0 Å². The number of methoxy groups -OCH3 is 1. The fourth-order valence-corrected chi connectivity index (χ4v) is 2.12. The Balaban J connectivity index is 0.000000289. The molecule has 0 saturated carbocycles. The summed E-state index contributed by atoms with van der Waals surface area (Å²) in [6, 6.07) is 7.97. The van der Waals surface area contributed by atoms with Crippen molar-refractivity contribution < 1.29 is 24.4 Å². The molecule has 2 rings (SSSR count). The van der Waals surface area contributed by atoms with Gasteiger partial charge in [0, 0.05) is 42.3 Å². The van der Waals surface area contributed by atoms with Crippen LogP contribution in [0.4, 0.5) is 11.4 Å². The molecule has 0 atom stereocenters. The van der Waals surface area contributed by atoms with E-state index in [9.17, 15) is 20.2 Å². The Bertz CT molecular complexity index is 802. The highest BCUT2D eigenvalue weighted by molar-refractivity contribution is 6.31. The quantitative estimate of drug-likeness (QED) is 0.394. The zero-order valence-electron chi connectivity index (χ0n) is 14.1. The molecule has 0 heterocycles. The molecular weight excluding hydrogens is 403 g/mol. The molecule has 0 aliphatic heterocycles. The molecule has 0 bridgehead atoms. The summed E-state index contributed by atoms with van der Waals surface area (Å²) < 4.78 is 10.1. The smallest absolute Gasteiger partial charge is 0.312 e. The second-order valence-electron chi connectivity index (χ2n) is 4.95. The fraction of sp³-hybridized carbons (Fsp3) is 0.250. The molecule has 27 heavy (non-hydrogen) atoms. The van der Waals surface area contributed by atoms with Gasteiger partial charge in [-0.05, 0) is 24.3 Å². The van der Waals surface area contributed by atoms with Gasteiger partial charge in [0.25, 0.3) is 0 Å². The number of hydrogen-bond acceptors (Lipinski definition) is 7. The van der Waals surface area contributed by atoms with Crippen LogP contribution in [0.1, 0.15) is 6.42 Å². The monoisotopic (exact) mass is 418 g/mol. The van der Waals surface area contributed by atoms with Crippen LogP contribution >= 0.6 is 23.2 Å². The van der Waals surface area contributed by atoms with Crippen LogP contribution in [-0.2, 0) is 4.74 Å². The van der Waals surface area contributed by atoms with Gasteiger partial charge in [-0.1, -0.05) is 23.2 Å². The summed E-state index contributed by atoms with van der Waals surface area (Å²) in [5.41, 5.74) is -0.498. The molecule has 0 saturated heterocycles. The van der Waals surface area contributed by atoms with Gasteiger partial charge in [0.1, 0.15) is 0 Å². The number of phenolic OH excluding ortho intramolecular Hbond substituents is 1. The Morgan fingerprint density at radius 2 is 1.52 bits per heavy atom. The van der Waals surface area contributed by atoms with Gasteiger partial charge in [0.2, 0.25) is 0 Å². The van der Waals surface area contributed by atoms with Crippen molar-refractivity contribution in [3.63, 3.8) is 0 Å². The van der Waals surface area contributed by atoms with E-state index in [-0.39, 0.29) is 27.9 Å². The van der Waals surface area contributed by atoms with Crippen molar-refractivity contribution in [2.24, 2.45) is 0 Å². The third kappa shape index (κ3) is 7.65. The van der Waals surface area contributed by atoms with E-state index in [2.05, 4.69) is 0 Å². The van der Waals surface area contributed by atoms with E-state index in [4.69, 9.17) is 37.8 Å². The highest BCUT2D eigenvalue weighted by Crippen LogP contribution is 2.30. The third-order valence-electron chi connectivity index (χ3n) is 3.00. The number of nitrogens with zero attached hydrogens (tertiary/aromatic N) is 2. The zero-order valence-corrected chi connectivity index (χ0v) is 15.6. The number of hydrogen-bond donors (Lipinski definition) is 1. The molecule has 1 N–H and O–H groups in total. The molecule has 0 aliphatic carbocycles. The second-order valence-corrected chi connectivity index (χ2v) is 5.83. The van der Waals surface area contributed by atoms with Gasteiger partial charge in [0.15, 0.2) is 11.5 Å². The number of ether oxygens (including phenoxy) is 2. The standard InChI is InChI=1S/C10H12ClNO4.C6H4ClNO3/c1-15-5-2-6-16-10-4-3-8(11)7-9(10)12(13)14;7-4-1-2-6(9)5(3-4)8(10)11/h3-4,7H,2,5-6H2,1H3;1-3,9H.